The number of aryl methyl sites for hydroxylation is 1. The van der Waals surface area contributed by atoms with Gasteiger partial charge in [0, 0.05) is 37.0 Å². The lowest BCUT2D eigenvalue weighted by Gasteiger charge is -2.03. The Hall–Kier alpha value is -2.14. The number of aromatic nitrogens is 1. The Morgan fingerprint density at radius 1 is 1.47 bits per heavy atom. The number of pyridine rings is 1. The molecule has 0 atom stereocenters. The number of carboxylic acids is 1. The summed E-state index contributed by atoms with van der Waals surface area (Å²) < 4.78 is 5.14. The molecule has 0 spiro atoms. The second-order valence-corrected chi connectivity index (χ2v) is 4.25. The zero-order chi connectivity index (χ0) is 13.7. The van der Waals surface area contributed by atoms with Crippen molar-refractivity contribution in [3.8, 4) is 0 Å². The molecule has 100 valence electrons. The zero-order valence-corrected chi connectivity index (χ0v) is 10.7. The van der Waals surface area contributed by atoms with Crippen LogP contribution in [-0.4, -0.2) is 22.6 Å². The van der Waals surface area contributed by atoms with Crippen molar-refractivity contribution in [3.05, 3.63) is 53.2 Å². The molecule has 0 unspecified atom stereocenters. The highest BCUT2D eigenvalue weighted by molar-refractivity contribution is 5.84. The van der Waals surface area contributed by atoms with Crippen molar-refractivity contribution >= 4 is 5.97 Å². The largest absolute Gasteiger partial charge is 0.475 e. The monoisotopic (exact) mass is 260 g/mol. The lowest BCUT2D eigenvalue weighted by Crippen LogP contribution is -2.17. The van der Waals surface area contributed by atoms with Gasteiger partial charge in [-0.1, -0.05) is 6.07 Å². The van der Waals surface area contributed by atoms with Crippen LogP contribution < -0.4 is 5.32 Å². The molecule has 19 heavy (non-hydrogen) atoms. The summed E-state index contributed by atoms with van der Waals surface area (Å²) in [6.45, 7) is 3.14. The van der Waals surface area contributed by atoms with E-state index in [0.717, 1.165) is 24.2 Å². The molecule has 2 heterocycles. The number of carbonyl (C=O) groups is 1. The van der Waals surface area contributed by atoms with Gasteiger partial charge in [0.25, 0.3) is 0 Å². The number of rotatable bonds is 6. The van der Waals surface area contributed by atoms with E-state index in [2.05, 4.69) is 10.3 Å². The van der Waals surface area contributed by atoms with Crippen molar-refractivity contribution < 1.29 is 14.3 Å². The van der Waals surface area contributed by atoms with Crippen LogP contribution in [0.1, 0.15) is 27.6 Å². The molecule has 0 fully saturated rings. The molecule has 0 amide bonds. The van der Waals surface area contributed by atoms with Crippen LogP contribution in [0.5, 0.6) is 0 Å². The number of aromatic carboxylic acids is 1. The highest BCUT2D eigenvalue weighted by Gasteiger charge is 2.12. The standard InChI is InChI=1S/C14H16N2O3/c1-10-11(8-13(19-10)14(17)18)9-15-7-5-12-4-2-3-6-16-12/h2-4,6,8,15H,5,7,9H2,1H3,(H,17,18). The minimum absolute atomic E-state index is 0.0148. The molecule has 0 aliphatic rings. The summed E-state index contributed by atoms with van der Waals surface area (Å²) in [7, 11) is 0. The maximum atomic E-state index is 10.8. The van der Waals surface area contributed by atoms with Gasteiger partial charge in [-0.05, 0) is 25.1 Å². The Morgan fingerprint density at radius 3 is 2.95 bits per heavy atom. The third kappa shape index (κ3) is 3.66. The molecule has 2 aromatic heterocycles. The molecule has 5 heteroatoms. The molecule has 2 aromatic rings. The van der Waals surface area contributed by atoms with Gasteiger partial charge >= 0.3 is 5.97 Å². The molecule has 5 nitrogen and oxygen atoms in total. The van der Waals surface area contributed by atoms with Crippen molar-refractivity contribution in [1.29, 1.82) is 0 Å². The second kappa shape index (κ2) is 6.15. The molecule has 0 aliphatic carbocycles. The molecule has 0 saturated carbocycles. The quantitative estimate of drug-likeness (QED) is 0.777. The van der Waals surface area contributed by atoms with Crippen LogP contribution in [0.3, 0.4) is 0 Å². The third-order valence-corrected chi connectivity index (χ3v) is 2.83. The first-order valence-electron chi connectivity index (χ1n) is 6.10. The van der Waals surface area contributed by atoms with E-state index in [9.17, 15) is 4.79 Å². The normalized spacial score (nSPS) is 10.6. The predicted octanol–water partition coefficient (Wildman–Crippen LogP) is 2.01. The minimum Gasteiger partial charge on any atom is -0.475 e. The molecule has 0 aliphatic heterocycles. The van der Waals surface area contributed by atoms with E-state index >= 15 is 0 Å². The average molecular weight is 260 g/mol. The molecule has 0 radical (unpaired) electrons. The number of nitrogens with zero attached hydrogens (tertiary/aromatic N) is 1. The van der Waals surface area contributed by atoms with E-state index in [1.165, 1.54) is 0 Å². The van der Waals surface area contributed by atoms with Gasteiger partial charge in [-0.15, -0.1) is 0 Å². The highest BCUT2D eigenvalue weighted by Crippen LogP contribution is 2.14. The first-order valence-corrected chi connectivity index (χ1v) is 6.10. The lowest BCUT2D eigenvalue weighted by atomic mass is 10.2. The first-order chi connectivity index (χ1) is 9.16. The molecule has 0 bridgehead atoms. The topological polar surface area (TPSA) is 75.4 Å². The average Bonchev–Trinajstić information content (AvgIpc) is 2.78. The van der Waals surface area contributed by atoms with Crippen LogP contribution in [0.4, 0.5) is 0 Å². The van der Waals surface area contributed by atoms with Crippen molar-refractivity contribution in [2.24, 2.45) is 0 Å². The van der Waals surface area contributed by atoms with E-state index in [4.69, 9.17) is 9.52 Å². The van der Waals surface area contributed by atoms with Crippen LogP contribution in [0, 0.1) is 6.92 Å². The van der Waals surface area contributed by atoms with Crippen molar-refractivity contribution in [2.45, 2.75) is 19.9 Å². The van der Waals surface area contributed by atoms with Gasteiger partial charge in [0.1, 0.15) is 5.76 Å². The molecule has 0 aromatic carbocycles. The fourth-order valence-corrected chi connectivity index (χ4v) is 1.79. The Bertz CT molecular complexity index is 549. The number of furan rings is 1. The van der Waals surface area contributed by atoms with Gasteiger partial charge in [0.15, 0.2) is 0 Å². The Morgan fingerprint density at radius 2 is 2.32 bits per heavy atom. The molecular formula is C14H16N2O3. The number of nitrogens with one attached hydrogen (secondary N) is 1. The van der Waals surface area contributed by atoms with Gasteiger partial charge in [0.2, 0.25) is 5.76 Å². The van der Waals surface area contributed by atoms with Crippen LogP contribution in [0.15, 0.2) is 34.9 Å². The Labute approximate surface area is 111 Å². The van der Waals surface area contributed by atoms with Crippen molar-refractivity contribution in [1.82, 2.24) is 10.3 Å². The van der Waals surface area contributed by atoms with Gasteiger partial charge in [-0.3, -0.25) is 4.98 Å². The summed E-state index contributed by atoms with van der Waals surface area (Å²) in [5, 5.41) is 12.1. The van der Waals surface area contributed by atoms with Gasteiger partial charge in [0.05, 0.1) is 0 Å². The molecule has 2 N–H and O–H groups in total. The van der Waals surface area contributed by atoms with Crippen LogP contribution in [-0.2, 0) is 13.0 Å². The summed E-state index contributed by atoms with van der Waals surface area (Å²) in [5.41, 5.74) is 1.91. The minimum atomic E-state index is -1.04. The van der Waals surface area contributed by atoms with Crippen LogP contribution in [0.2, 0.25) is 0 Å². The summed E-state index contributed by atoms with van der Waals surface area (Å²) >= 11 is 0. The Balaban J connectivity index is 1.81. The van der Waals surface area contributed by atoms with Gasteiger partial charge < -0.3 is 14.8 Å². The summed E-state index contributed by atoms with van der Waals surface area (Å²) in [4.78, 5) is 15.0. The van der Waals surface area contributed by atoms with E-state index < -0.39 is 5.97 Å². The van der Waals surface area contributed by atoms with Gasteiger partial charge in [-0.2, -0.15) is 0 Å². The number of carboxylic acid groups (broad SMARTS) is 1. The smallest absolute Gasteiger partial charge is 0.371 e. The molecule has 0 saturated heterocycles. The lowest BCUT2D eigenvalue weighted by molar-refractivity contribution is 0.0661. The summed E-state index contributed by atoms with van der Waals surface area (Å²) in [6.07, 6.45) is 2.61. The zero-order valence-electron chi connectivity index (χ0n) is 10.7. The summed E-state index contributed by atoms with van der Waals surface area (Å²) in [5.74, 6) is -0.412. The fraction of sp³-hybridized carbons (Fsp3) is 0.286. The third-order valence-electron chi connectivity index (χ3n) is 2.83. The first kappa shape index (κ1) is 13.3. The number of hydrogen-bond donors (Lipinski definition) is 2. The highest BCUT2D eigenvalue weighted by atomic mass is 16.4. The predicted molar refractivity (Wildman–Crippen MR) is 70.1 cm³/mol. The molecule has 2 rings (SSSR count). The SMILES string of the molecule is Cc1oc(C(=O)O)cc1CNCCc1ccccn1. The van der Waals surface area contributed by atoms with Gasteiger partial charge in [-0.25, -0.2) is 4.79 Å². The maximum Gasteiger partial charge on any atom is 0.371 e. The van der Waals surface area contributed by atoms with Crippen LogP contribution in [0.25, 0.3) is 0 Å². The van der Waals surface area contributed by atoms with E-state index in [1.807, 2.05) is 18.2 Å². The van der Waals surface area contributed by atoms with E-state index in [0.29, 0.717) is 12.3 Å². The molecular weight excluding hydrogens is 244 g/mol. The van der Waals surface area contributed by atoms with Crippen molar-refractivity contribution in [2.75, 3.05) is 6.54 Å². The summed E-state index contributed by atoms with van der Waals surface area (Å²) in [6, 6.07) is 7.39. The Kier molecular flexibility index (Phi) is 4.30. The number of hydrogen-bond acceptors (Lipinski definition) is 4. The van der Waals surface area contributed by atoms with E-state index in [-0.39, 0.29) is 5.76 Å². The second-order valence-electron chi connectivity index (χ2n) is 4.25. The maximum absolute atomic E-state index is 10.8. The van der Waals surface area contributed by atoms with Crippen LogP contribution >= 0.6 is 0 Å². The fourth-order valence-electron chi connectivity index (χ4n) is 1.79. The van der Waals surface area contributed by atoms with E-state index in [1.54, 1.807) is 19.2 Å². The van der Waals surface area contributed by atoms with Crippen molar-refractivity contribution in [3.63, 3.8) is 0 Å².